The van der Waals surface area contributed by atoms with E-state index in [2.05, 4.69) is 16.0 Å². The predicted octanol–water partition coefficient (Wildman–Crippen LogP) is 1.19. The Morgan fingerprint density at radius 2 is 2.00 bits per heavy atom. The van der Waals surface area contributed by atoms with Crippen LogP contribution in [0.1, 0.15) is 25.3 Å². The fourth-order valence-electron chi connectivity index (χ4n) is 1.80. The summed E-state index contributed by atoms with van der Waals surface area (Å²) < 4.78 is 0. The zero-order valence-corrected chi connectivity index (χ0v) is 11.9. The maximum Gasteiger partial charge on any atom is 0.238 e. The van der Waals surface area contributed by atoms with Crippen molar-refractivity contribution in [2.24, 2.45) is 0 Å². The zero-order chi connectivity index (χ0) is 14.5. The molecule has 20 heavy (non-hydrogen) atoms. The third-order valence-corrected chi connectivity index (χ3v) is 3.30. The molecule has 0 aliphatic heterocycles. The van der Waals surface area contributed by atoms with E-state index in [-0.39, 0.29) is 24.4 Å². The lowest BCUT2D eigenvalue weighted by Gasteiger charge is -2.14. The molecular formula is C15H21N3O2. The van der Waals surface area contributed by atoms with Crippen LogP contribution in [-0.2, 0) is 9.59 Å². The van der Waals surface area contributed by atoms with Gasteiger partial charge in [-0.25, -0.2) is 0 Å². The van der Waals surface area contributed by atoms with E-state index in [0.717, 1.165) is 24.1 Å². The molecule has 1 fully saturated rings. The number of nitrogens with one attached hydrogen (secondary N) is 3. The molecule has 1 aromatic carbocycles. The van der Waals surface area contributed by atoms with Crippen LogP contribution < -0.4 is 16.0 Å². The Labute approximate surface area is 119 Å². The van der Waals surface area contributed by atoms with E-state index < -0.39 is 0 Å². The van der Waals surface area contributed by atoms with Gasteiger partial charge in [0.05, 0.1) is 12.6 Å². The van der Waals surface area contributed by atoms with E-state index in [4.69, 9.17) is 0 Å². The highest BCUT2D eigenvalue weighted by Gasteiger charge is 2.25. The molecule has 5 nitrogen and oxygen atoms in total. The first-order valence-corrected chi connectivity index (χ1v) is 6.95. The van der Waals surface area contributed by atoms with Gasteiger partial charge in [0.2, 0.25) is 11.8 Å². The van der Waals surface area contributed by atoms with Gasteiger partial charge in [0.15, 0.2) is 0 Å². The number of rotatable bonds is 6. The molecule has 1 atom stereocenters. The highest BCUT2D eigenvalue weighted by molar-refractivity contribution is 5.93. The van der Waals surface area contributed by atoms with E-state index in [9.17, 15) is 9.59 Å². The standard InChI is InChI=1S/C15H21N3O2/c1-10-5-3-4-6-13(10)18-14(19)9-16-11(2)15(20)17-12-7-8-12/h3-6,11-12,16H,7-9H2,1-2H3,(H,17,20)(H,18,19). The Morgan fingerprint density at radius 1 is 1.30 bits per heavy atom. The van der Waals surface area contributed by atoms with Gasteiger partial charge in [-0.3, -0.25) is 14.9 Å². The van der Waals surface area contributed by atoms with Crippen molar-refractivity contribution in [2.75, 3.05) is 11.9 Å². The Balaban J connectivity index is 1.74. The van der Waals surface area contributed by atoms with Crippen LogP contribution in [0.2, 0.25) is 0 Å². The number of hydrogen-bond acceptors (Lipinski definition) is 3. The van der Waals surface area contributed by atoms with Crippen molar-refractivity contribution < 1.29 is 9.59 Å². The van der Waals surface area contributed by atoms with Crippen molar-refractivity contribution in [1.29, 1.82) is 0 Å². The van der Waals surface area contributed by atoms with E-state index in [1.54, 1.807) is 6.92 Å². The van der Waals surface area contributed by atoms with Crippen LogP contribution in [0.3, 0.4) is 0 Å². The van der Waals surface area contributed by atoms with Crippen LogP contribution in [-0.4, -0.2) is 30.4 Å². The van der Waals surface area contributed by atoms with Crippen molar-refractivity contribution in [3.63, 3.8) is 0 Å². The third kappa shape index (κ3) is 4.35. The van der Waals surface area contributed by atoms with E-state index >= 15 is 0 Å². The maximum absolute atomic E-state index is 11.8. The number of carbonyl (C=O) groups excluding carboxylic acids is 2. The van der Waals surface area contributed by atoms with Gasteiger partial charge in [-0.05, 0) is 38.3 Å². The van der Waals surface area contributed by atoms with Gasteiger partial charge in [0, 0.05) is 11.7 Å². The summed E-state index contributed by atoms with van der Waals surface area (Å²) in [6.07, 6.45) is 2.12. The average molecular weight is 275 g/mol. The van der Waals surface area contributed by atoms with E-state index in [0.29, 0.717) is 6.04 Å². The van der Waals surface area contributed by atoms with Gasteiger partial charge in [-0.1, -0.05) is 18.2 Å². The molecule has 0 heterocycles. The number of amides is 2. The van der Waals surface area contributed by atoms with E-state index in [1.807, 2.05) is 31.2 Å². The highest BCUT2D eigenvalue weighted by Crippen LogP contribution is 2.18. The number of benzene rings is 1. The quantitative estimate of drug-likeness (QED) is 0.730. The average Bonchev–Trinajstić information content (AvgIpc) is 3.22. The number of para-hydroxylation sites is 1. The minimum atomic E-state index is -0.363. The molecular weight excluding hydrogens is 254 g/mol. The summed E-state index contributed by atoms with van der Waals surface area (Å²) in [4.78, 5) is 23.5. The van der Waals surface area contributed by atoms with Crippen LogP contribution in [0.25, 0.3) is 0 Å². The van der Waals surface area contributed by atoms with Gasteiger partial charge in [0.25, 0.3) is 0 Å². The minimum Gasteiger partial charge on any atom is -0.352 e. The van der Waals surface area contributed by atoms with Gasteiger partial charge in [0.1, 0.15) is 0 Å². The number of anilines is 1. The largest absolute Gasteiger partial charge is 0.352 e. The number of aryl methyl sites for hydroxylation is 1. The fourth-order valence-corrected chi connectivity index (χ4v) is 1.80. The van der Waals surface area contributed by atoms with Crippen molar-refractivity contribution in [3.8, 4) is 0 Å². The van der Waals surface area contributed by atoms with Gasteiger partial charge < -0.3 is 10.6 Å². The monoisotopic (exact) mass is 275 g/mol. The summed E-state index contributed by atoms with van der Waals surface area (Å²) in [7, 11) is 0. The minimum absolute atomic E-state index is 0.0452. The molecule has 1 saturated carbocycles. The third-order valence-electron chi connectivity index (χ3n) is 3.30. The summed E-state index contributed by atoms with van der Waals surface area (Å²) in [5.41, 5.74) is 1.81. The van der Waals surface area contributed by atoms with E-state index in [1.165, 1.54) is 0 Å². The van der Waals surface area contributed by atoms with Crippen LogP contribution in [0.4, 0.5) is 5.69 Å². The van der Waals surface area contributed by atoms with Crippen molar-refractivity contribution in [3.05, 3.63) is 29.8 Å². The molecule has 5 heteroatoms. The molecule has 0 spiro atoms. The number of hydrogen-bond donors (Lipinski definition) is 3. The molecule has 1 unspecified atom stereocenters. The summed E-state index contributed by atoms with van der Waals surface area (Å²) in [5, 5.41) is 8.66. The molecule has 1 aromatic rings. The molecule has 0 radical (unpaired) electrons. The molecule has 3 N–H and O–H groups in total. The second kappa shape index (κ2) is 6.52. The maximum atomic E-state index is 11.8. The highest BCUT2D eigenvalue weighted by atomic mass is 16.2. The Hall–Kier alpha value is -1.88. The SMILES string of the molecule is Cc1ccccc1NC(=O)CNC(C)C(=O)NC1CC1. The lowest BCUT2D eigenvalue weighted by molar-refractivity contribution is -0.123. The molecule has 0 aromatic heterocycles. The van der Waals surface area contributed by atoms with Crippen LogP contribution in [0.5, 0.6) is 0 Å². The summed E-state index contributed by atoms with van der Waals surface area (Å²) in [5.74, 6) is -0.193. The van der Waals surface area contributed by atoms with Crippen LogP contribution in [0, 0.1) is 6.92 Å². The summed E-state index contributed by atoms with van der Waals surface area (Å²) in [6.45, 7) is 3.82. The fraction of sp³-hybridized carbons (Fsp3) is 0.467. The second-order valence-corrected chi connectivity index (χ2v) is 5.25. The lowest BCUT2D eigenvalue weighted by Crippen LogP contribution is -2.45. The second-order valence-electron chi connectivity index (χ2n) is 5.25. The normalized spacial score (nSPS) is 15.5. The van der Waals surface area contributed by atoms with Gasteiger partial charge in [-0.2, -0.15) is 0 Å². The molecule has 0 bridgehead atoms. The van der Waals surface area contributed by atoms with Crippen LogP contribution >= 0.6 is 0 Å². The number of carbonyl (C=O) groups is 2. The molecule has 1 aliphatic rings. The zero-order valence-electron chi connectivity index (χ0n) is 11.9. The first-order chi connectivity index (χ1) is 9.56. The first-order valence-electron chi connectivity index (χ1n) is 6.95. The van der Waals surface area contributed by atoms with Gasteiger partial charge in [-0.15, -0.1) is 0 Å². The first kappa shape index (κ1) is 14.5. The summed E-state index contributed by atoms with van der Waals surface area (Å²) >= 11 is 0. The smallest absolute Gasteiger partial charge is 0.238 e. The molecule has 1 aliphatic carbocycles. The van der Waals surface area contributed by atoms with Crippen LogP contribution in [0.15, 0.2) is 24.3 Å². The molecule has 2 amide bonds. The lowest BCUT2D eigenvalue weighted by atomic mass is 10.2. The predicted molar refractivity (Wildman–Crippen MR) is 78.4 cm³/mol. The van der Waals surface area contributed by atoms with Crippen molar-refractivity contribution in [2.45, 2.75) is 38.8 Å². The molecule has 0 saturated heterocycles. The Morgan fingerprint density at radius 3 is 2.65 bits per heavy atom. The van der Waals surface area contributed by atoms with Crippen molar-refractivity contribution >= 4 is 17.5 Å². The topological polar surface area (TPSA) is 70.2 Å². The molecule has 108 valence electrons. The Bertz CT molecular complexity index is 498. The Kier molecular flexibility index (Phi) is 4.74. The summed E-state index contributed by atoms with van der Waals surface area (Å²) in [6, 6.07) is 7.58. The van der Waals surface area contributed by atoms with Gasteiger partial charge >= 0.3 is 0 Å². The van der Waals surface area contributed by atoms with Crippen molar-refractivity contribution in [1.82, 2.24) is 10.6 Å². The molecule has 2 rings (SSSR count).